The molecule has 0 radical (unpaired) electrons. The molecule has 194 valence electrons. The summed E-state index contributed by atoms with van der Waals surface area (Å²) < 4.78 is 2.62. The summed E-state index contributed by atoms with van der Waals surface area (Å²) in [6.07, 6.45) is 5.00. The molecule has 0 aromatic heterocycles. The minimum absolute atomic E-state index is 0.180. The van der Waals surface area contributed by atoms with Gasteiger partial charge in [-0.1, -0.05) is 47.8 Å². The van der Waals surface area contributed by atoms with E-state index in [1.807, 2.05) is 18.2 Å². The van der Waals surface area contributed by atoms with Crippen LogP contribution in [0.25, 0.3) is 0 Å². The van der Waals surface area contributed by atoms with Gasteiger partial charge in [0, 0.05) is 68.4 Å². The summed E-state index contributed by atoms with van der Waals surface area (Å²) in [7, 11) is 0. The minimum atomic E-state index is 0.180. The van der Waals surface area contributed by atoms with Crippen molar-refractivity contribution in [2.45, 2.75) is 0 Å². The molecule has 0 fully saturated rings. The maximum Gasteiger partial charge on any atom is 0.124 e. The van der Waals surface area contributed by atoms with E-state index < -0.39 is 0 Å². The van der Waals surface area contributed by atoms with E-state index in [-0.39, 0.29) is 17.2 Å². The average Bonchev–Trinajstić information content (AvgIpc) is 2.87. The van der Waals surface area contributed by atoms with Crippen LogP contribution in [0.15, 0.2) is 83.0 Å². The van der Waals surface area contributed by atoms with E-state index in [1.165, 1.54) is 0 Å². The van der Waals surface area contributed by atoms with Crippen LogP contribution < -0.4 is 0 Å². The van der Waals surface area contributed by atoms with Gasteiger partial charge in [0.1, 0.15) is 17.2 Å². The molecule has 0 spiro atoms. The summed E-state index contributed by atoms with van der Waals surface area (Å²) in [6.45, 7) is 3.66. The van der Waals surface area contributed by atoms with Gasteiger partial charge in [0.05, 0.1) is 19.6 Å². The van der Waals surface area contributed by atoms with Gasteiger partial charge in [-0.15, -0.1) is 0 Å². The van der Waals surface area contributed by atoms with Crippen molar-refractivity contribution in [3.63, 3.8) is 0 Å². The van der Waals surface area contributed by atoms with Crippen LogP contribution >= 0.6 is 47.8 Å². The molecule has 0 aliphatic rings. The summed E-state index contributed by atoms with van der Waals surface area (Å²) in [5.74, 6) is 0.539. The number of phenolic OH excluding ortho intramolecular Hbond substituents is 3. The Balaban J connectivity index is 1.59. The molecule has 10 heteroatoms. The van der Waals surface area contributed by atoms with Gasteiger partial charge in [0.2, 0.25) is 0 Å². The Morgan fingerprint density at radius 3 is 1.14 bits per heavy atom. The second-order valence-electron chi connectivity index (χ2n) is 8.06. The molecule has 7 nitrogen and oxygen atoms in total. The van der Waals surface area contributed by atoms with Gasteiger partial charge in [-0.25, -0.2) is 0 Å². The number of aliphatic imine (C=N–C) groups is 3. The SMILES string of the molecule is Oc1ccc(Br)cc1C=NCCN(CCN=Cc1cc(Br)ccc1O)CCN=Cc1cc(Br)ccc1O. The zero-order valence-corrected chi connectivity index (χ0v) is 24.7. The summed E-state index contributed by atoms with van der Waals surface area (Å²) in [5.41, 5.74) is 1.95. The summed E-state index contributed by atoms with van der Waals surface area (Å²) in [5, 5.41) is 30.0. The number of phenols is 3. The van der Waals surface area contributed by atoms with Crippen LogP contribution in [0, 0.1) is 0 Å². The number of aromatic hydroxyl groups is 3. The molecule has 37 heavy (non-hydrogen) atoms. The fraction of sp³-hybridized carbons (Fsp3) is 0.222. The molecule has 3 N–H and O–H groups in total. The maximum absolute atomic E-state index is 10.00. The van der Waals surface area contributed by atoms with Crippen LogP contribution in [0.1, 0.15) is 16.7 Å². The van der Waals surface area contributed by atoms with Crippen molar-refractivity contribution in [1.82, 2.24) is 4.90 Å². The largest absolute Gasteiger partial charge is 0.507 e. The van der Waals surface area contributed by atoms with Crippen LogP contribution in [0.5, 0.6) is 17.2 Å². The van der Waals surface area contributed by atoms with Crippen LogP contribution in [-0.2, 0) is 0 Å². The lowest BCUT2D eigenvalue weighted by atomic mass is 10.2. The van der Waals surface area contributed by atoms with Gasteiger partial charge in [0.25, 0.3) is 0 Å². The van der Waals surface area contributed by atoms with Crippen LogP contribution in [0.2, 0.25) is 0 Å². The fourth-order valence-electron chi connectivity index (χ4n) is 3.31. The third-order valence-corrected chi connectivity index (χ3v) is 6.78. The molecule has 0 saturated heterocycles. The second kappa shape index (κ2) is 15.0. The van der Waals surface area contributed by atoms with Gasteiger partial charge in [-0.3, -0.25) is 19.9 Å². The van der Waals surface area contributed by atoms with Crippen molar-refractivity contribution in [1.29, 1.82) is 0 Å². The van der Waals surface area contributed by atoms with Crippen molar-refractivity contribution in [2.75, 3.05) is 39.3 Å². The molecular weight excluding hydrogens is 668 g/mol. The van der Waals surface area contributed by atoms with Crippen molar-refractivity contribution in [3.05, 3.63) is 84.7 Å². The third kappa shape index (κ3) is 10.0. The van der Waals surface area contributed by atoms with E-state index >= 15 is 0 Å². The van der Waals surface area contributed by atoms with Crippen LogP contribution in [0.4, 0.5) is 0 Å². The Kier molecular flexibility index (Phi) is 11.8. The molecule has 0 heterocycles. The standard InChI is InChI=1S/C27H27Br3N4O3/c28-22-1-4-25(35)19(13-22)16-31-7-10-34(11-8-32-17-20-14-23(29)2-5-26(20)36)12-9-33-18-21-15-24(30)3-6-27(21)37/h1-6,13-18,35-37H,7-12H2. The van der Waals surface area contributed by atoms with Gasteiger partial charge < -0.3 is 15.3 Å². The van der Waals surface area contributed by atoms with E-state index in [4.69, 9.17) is 0 Å². The highest BCUT2D eigenvalue weighted by Gasteiger charge is 2.05. The molecule has 0 bridgehead atoms. The lowest BCUT2D eigenvalue weighted by Crippen LogP contribution is -2.31. The van der Waals surface area contributed by atoms with Gasteiger partial charge in [0.15, 0.2) is 0 Å². The Labute approximate surface area is 241 Å². The average molecular weight is 695 g/mol. The number of rotatable bonds is 12. The number of benzene rings is 3. The topological polar surface area (TPSA) is 101 Å². The van der Waals surface area contributed by atoms with Crippen molar-refractivity contribution in [3.8, 4) is 17.2 Å². The summed E-state index contributed by atoms with van der Waals surface area (Å²) in [4.78, 5) is 15.6. The highest BCUT2D eigenvalue weighted by Crippen LogP contribution is 2.21. The number of nitrogens with zero attached hydrogens (tertiary/aromatic N) is 4. The quantitative estimate of drug-likeness (QED) is 0.201. The smallest absolute Gasteiger partial charge is 0.124 e. The first kappa shape index (κ1) is 29.0. The highest BCUT2D eigenvalue weighted by atomic mass is 79.9. The highest BCUT2D eigenvalue weighted by molar-refractivity contribution is 9.11. The molecule has 0 aliphatic heterocycles. The van der Waals surface area contributed by atoms with E-state index in [0.29, 0.717) is 56.0 Å². The number of hydrogen-bond acceptors (Lipinski definition) is 7. The molecule has 0 unspecified atom stereocenters. The van der Waals surface area contributed by atoms with Crippen molar-refractivity contribution < 1.29 is 15.3 Å². The molecule has 3 rings (SSSR count). The van der Waals surface area contributed by atoms with E-state index in [9.17, 15) is 15.3 Å². The first-order valence-corrected chi connectivity index (χ1v) is 13.9. The zero-order chi connectivity index (χ0) is 26.6. The maximum atomic E-state index is 10.00. The van der Waals surface area contributed by atoms with Crippen molar-refractivity contribution >= 4 is 66.4 Å². The molecule has 0 saturated carbocycles. The normalized spacial score (nSPS) is 12.0. The Bertz CT molecular complexity index is 1130. The third-order valence-electron chi connectivity index (χ3n) is 5.30. The van der Waals surface area contributed by atoms with Gasteiger partial charge in [-0.2, -0.15) is 0 Å². The predicted octanol–water partition coefficient (Wildman–Crippen LogP) is 6.05. The molecule has 0 aliphatic carbocycles. The number of halogens is 3. The lowest BCUT2D eigenvalue weighted by molar-refractivity contribution is 0.298. The van der Waals surface area contributed by atoms with Gasteiger partial charge >= 0.3 is 0 Å². The second-order valence-corrected chi connectivity index (χ2v) is 10.8. The summed E-state index contributed by atoms with van der Waals surface area (Å²) in [6, 6.07) is 15.6. The zero-order valence-electron chi connectivity index (χ0n) is 19.9. The molecular formula is C27H27Br3N4O3. The Morgan fingerprint density at radius 1 is 0.541 bits per heavy atom. The monoisotopic (exact) mass is 692 g/mol. The van der Waals surface area contributed by atoms with Crippen molar-refractivity contribution in [2.24, 2.45) is 15.0 Å². The van der Waals surface area contributed by atoms with Crippen LogP contribution in [0.3, 0.4) is 0 Å². The van der Waals surface area contributed by atoms with E-state index in [1.54, 1.807) is 55.0 Å². The van der Waals surface area contributed by atoms with Gasteiger partial charge in [-0.05, 0) is 54.6 Å². The predicted molar refractivity (Wildman–Crippen MR) is 161 cm³/mol. The molecule has 0 amide bonds. The molecule has 3 aromatic rings. The Morgan fingerprint density at radius 2 is 0.838 bits per heavy atom. The minimum Gasteiger partial charge on any atom is -0.507 e. The molecule has 3 aromatic carbocycles. The Hall–Kier alpha value is -2.53. The summed E-state index contributed by atoms with van der Waals surface area (Å²) >= 11 is 10.2. The lowest BCUT2D eigenvalue weighted by Gasteiger charge is -2.19. The van der Waals surface area contributed by atoms with E-state index in [0.717, 1.165) is 13.4 Å². The molecule has 0 atom stereocenters. The fourth-order valence-corrected chi connectivity index (χ4v) is 4.44. The van der Waals surface area contributed by atoms with E-state index in [2.05, 4.69) is 67.7 Å². The number of hydrogen-bond donors (Lipinski definition) is 3. The first-order chi connectivity index (χ1) is 17.8. The first-order valence-electron chi connectivity index (χ1n) is 11.5. The van der Waals surface area contributed by atoms with Crippen LogP contribution in [-0.4, -0.2) is 78.1 Å².